The summed E-state index contributed by atoms with van der Waals surface area (Å²) >= 11 is 1.31. The highest BCUT2D eigenvalue weighted by molar-refractivity contribution is 8.00. The molecule has 1 aliphatic rings. The number of carbonyl (C=O) groups excluding carboxylic acids is 1. The van der Waals surface area contributed by atoms with E-state index >= 15 is 0 Å². The second-order valence-electron chi connectivity index (χ2n) is 5.33. The van der Waals surface area contributed by atoms with Gasteiger partial charge in [-0.15, -0.1) is 0 Å². The van der Waals surface area contributed by atoms with Gasteiger partial charge in [-0.05, 0) is 61.2 Å². The van der Waals surface area contributed by atoms with E-state index in [2.05, 4.69) is 6.07 Å². The first-order valence-electron chi connectivity index (χ1n) is 7.16. The van der Waals surface area contributed by atoms with E-state index in [1.54, 1.807) is 12.1 Å². The van der Waals surface area contributed by atoms with E-state index in [4.69, 9.17) is 0 Å². The van der Waals surface area contributed by atoms with Crippen LogP contribution in [0, 0.1) is 5.21 Å². The van der Waals surface area contributed by atoms with Crippen molar-refractivity contribution in [3.05, 3.63) is 64.5 Å². The molecule has 0 spiro atoms. The summed E-state index contributed by atoms with van der Waals surface area (Å²) in [6, 6.07) is 11.2. The molecule has 0 saturated heterocycles. The number of benzene rings is 1. The Hall–Kier alpha value is -1.81. The Bertz CT molecular complexity index is 684. The smallest absolute Gasteiger partial charge is 0.252 e. The Morgan fingerprint density at radius 1 is 1.24 bits per heavy atom. The predicted octanol–water partition coefficient (Wildman–Crippen LogP) is 3.17. The number of carbonyl (C=O) groups is 1. The van der Waals surface area contributed by atoms with Crippen molar-refractivity contribution in [2.75, 3.05) is 0 Å². The Kier molecular flexibility index (Phi) is 3.97. The number of fused-ring (bicyclic) bond motifs is 1. The van der Waals surface area contributed by atoms with Crippen molar-refractivity contribution in [3.8, 4) is 0 Å². The molecule has 0 aliphatic heterocycles. The van der Waals surface area contributed by atoms with Crippen molar-refractivity contribution in [3.63, 3.8) is 0 Å². The number of rotatable bonds is 4. The topological polar surface area (TPSA) is 44.0 Å². The Balaban J connectivity index is 1.77. The van der Waals surface area contributed by atoms with E-state index in [9.17, 15) is 10.0 Å². The molecule has 3 rings (SSSR count). The third-order valence-corrected chi connectivity index (χ3v) is 4.96. The lowest BCUT2D eigenvalue weighted by atomic mass is 10.0. The van der Waals surface area contributed by atoms with E-state index in [0.717, 1.165) is 23.1 Å². The van der Waals surface area contributed by atoms with Gasteiger partial charge in [0.25, 0.3) is 5.03 Å². The maximum Gasteiger partial charge on any atom is 0.252 e. The van der Waals surface area contributed by atoms with E-state index in [1.165, 1.54) is 35.5 Å². The molecule has 0 saturated carbocycles. The van der Waals surface area contributed by atoms with E-state index in [1.807, 2.05) is 25.1 Å². The lowest BCUT2D eigenvalue weighted by molar-refractivity contribution is -0.645. The van der Waals surface area contributed by atoms with Crippen LogP contribution < -0.4 is 4.73 Å². The maximum absolute atomic E-state index is 12.5. The highest BCUT2D eigenvalue weighted by Gasteiger charge is 2.21. The van der Waals surface area contributed by atoms with Gasteiger partial charge in [0.2, 0.25) is 0 Å². The fourth-order valence-electron chi connectivity index (χ4n) is 2.70. The molecule has 1 aromatic carbocycles. The number of Topliss-reactive ketones (excluding diaryl/α,β-unsaturated/α-hetero) is 1. The average molecular weight is 299 g/mol. The van der Waals surface area contributed by atoms with Crippen molar-refractivity contribution in [2.45, 2.75) is 36.5 Å². The van der Waals surface area contributed by atoms with Crippen LogP contribution in [0.15, 0.2) is 47.6 Å². The molecule has 1 heterocycles. The summed E-state index contributed by atoms with van der Waals surface area (Å²) in [5.74, 6) is 0.0820. The number of hydrogen-bond acceptors (Lipinski definition) is 3. The zero-order valence-corrected chi connectivity index (χ0v) is 12.7. The number of pyridine rings is 1. The fraction of sp³-hybridized carbons (Fsp3) is 0.294. The van der Waals surface area contributed by atoms with Crippen LogP contribution in [0.2, 0.25) is 0 Å². The highest BCUT2D eigenvalue weighted by atomic mass is 32.2. The maximum atomic E-state index is 12.5. The molecule has 0 radical (unpaired) electrons. The minimum absolute atomic E-state index is 0.0820. The number of thioether (sulfide) groups is 1. The van der Waals surface area contributed by atoms with Crippen LogP contribution in [0.4, 0.5) is 0 Å². The molecular formula is C17H17NO2S. The van der Waals surface area contributed by atoms with Crippen LogP contribution >= 0.6 is 11.8 Å². The molecular weight excluding hydrogens is 282 g/mol. The zero-order chi connectivity index (χ0) is 14.8. The van der Waals surface area contributed by atoms with Gasteiger partial charge >= 0.3 is 0 Å². The number of aromatic nitrogens is 1. The first-order valence-corrected chi connectivity index (χ1v) is 8.04. The molecule has 0 fully saturated rings. The second kappa shape index (κ2) is 5.90. The van der Waals surface area contributed by atoms with Crippen LogP contribution in [-0.4, -0.2) is 11.0 Å². The molecule has 0 N–H and O–H groups in total. The molecule has 108 valence electrons. The van der Waals surface area contributed by atoms with Gasteiger partial charge in [0.05, 0.1) is 5.25 Å². The first-order chi connectivity index (χ1) is 10.1. The van der Waals surface area contributed by atoms with Gasteiger partial charge in [0.1, 0.15) is 0 Å². The fourth-order valence-corrected chi connectivity index (χ4v) is 3.63. The van der Waals surface area contributed by atoms with Crippen LogP contribution in [0.3, 0.4) is 0 Å². The number of aryl methyl sites for hydroxylation is 2. The molecule has 0 amide bonds. The van der Waals surface area contributed by atoms with Gasteiger partial charge in [-0.3, -0.25) is 4.79 Å². The van der Waals surface area contributed by atoms with Crippen LogP contribution in [-0.2, 0) is 12.8 Å². The summed E-state index contributed by atoms with van der Waals surface area (Å²) in [5, 5.41) is 11.9. The quantitative estimate of drug-likeness (QED) is 0.377. The minimum Gasteiger partial charge on any atom is -0.618 e. The number of nitrogens with zero attached hydrogens (tertiary/aromatic N) is 1. The molecule has 21 heavy (non-hydrogen) atoms. The third kappa shape index (κ3) is 2.95. The molecule has 4 heteroatoms. The monoisotopic (exact) mass is 299 g/mol. The van der Waals surface area contributed by atoms with Gasteiger partial charge in [-0.1, -0.05) is 12.1 Å². The van der Waals surface area contributed by atoms with Crippen molar-refractivity contribution in [2.24, 2.45) is 0 Å². The van der Waals surface area contributed by atoms with E-state index < -0.39 is 0 Å². The van der Waals surface area contributed by atoms with Gasteiger partial charge < -0.3 is 5.21 Å². The molecule has 1 atom stereocenters. The van der Waals surface area contributed by atoms with Crippen molar-refractivity contribution in [1.29, 1.82) is 0 Å². The van der Waals surface area contributed by atoms with Gasteiger partial charge in [0, 0.05) is 17.7 Å². The first kappa shape index (κ1) is 14.1. The van der Waals surface area contributed by atoms with Gasteiger partial charge in [0.15, 0.2) is 12.0 Å². The Labute approximate surface area is 128 Å². The molecule has 1 unspecified atom stereocenters. The molecule has 1 aromatic heterocycles. The lowest BCUT2D eigenvalue weighted by Crippen LogP contribution is -2.29. The Morgan fingerprint density at radius 2 is 2.05 bits per heavy atom. The molecule has 1 aliphatic carbocycles. The Morgan fingerprint density at radius 3 is 2.86 bits per heavy atom. The van der Waals surface area contributed by atoms with Crippen molar-refractivity contribution >= 4 is 17.5 Å². The van der Waals surface area contributed by atoms with Crippen LogP contribution in [0.1, 0.15) is 34.8 Å². The van der Waals surface area contributed by atoms with Crippen LogP contribution in [0.5, 0.6) is 0 Å². The second-order valence-corrected chi connectivity index (χ2v) is 6.69. The normalized spacial score (nSPS) is 14.7. The van der Waals surface area contributed by atoms with Crippen LogP contribution in [0.25, 0.3) is 0 Å². The zero-order valence-electron chi connectivity index (χ0n) is 11.9. The van der Waals surface area contributed by atoms with Gasteiger partial charge in [-0.2, -0.15) is 4.73 Å². The molecule has 0 bridgehead atoms. The largest absolute Gasteiger partial charge is 0.618 e. The van der Waals surface area contributed by atoms with Gasteiger partial charge in [-0.25, -0.2) is 0 Å². The van der Waals surface area contributed by atoms with Crippen molar-refractivity contribution < 1.29 is 9.52 Å². The summed E-state index contributed by atoms with van der Waals surface area (Å²) in [4.78, 5) is 12.5. The predicted molar refractivity (Wildman–Crippen MR) is 83.5 cm³/mol. The summed E-state index contributed by atoms with van der Waals surface area (Å²) in [5.41, 5.74) is 3.42. The minimum atomic E-state index is -0.271. The van der Waals surface area contributed by atoms with E-state index in [0.29, 0.717) is 5.03 Å². The third-order valence-electron chi connectivity index (χ3n) is 3.84. The average Bonchev–Trinajstić information content (AvgIpc) is 2.96. The highest BCUT2D eigenvalue weighted by Crippen LogP contribution is 2.26. The molecule has 3 nitrogen and oxygen atoms in total. The molecule has 2 aromatic rings. The number of ketones is 1. The standard InChI is InChI=1S/C17H17NO2S/c1-12(21-16-7-2-3-10-18(16)20)17(19)15-9-8-13-5-4-6-14(13)11-15/h2-3,7-12H,4-6H2,1H3. The van der Waals surface area contributed by atoms with E-state index in [-0.39, 0.29) is 11.0 Å². The summed E-state index contributed by atoms with van der Waals surface area (Å²) < 4.78 is 0.803. The summed E-state index contributed by atoms with van der Waals surface area (Å²) in [7, 11) is 0. The summed E-state index contributed by atoms with van der Waals surface area (Å²) in [6.07, 6.45) is 4.82. The number of hydrogen-bond donors (Lipinski definition) is 0. The SMILES string of the molecule is CC(Sc1cccc[n+]1[O-])C(=O)c1ccc2c(c1)CCC2. The van der Waals surface area contributed by atoms with Crippen molar-refractivity contribution in [1.82, 2.24) is 0 Å². The summed E-state index contributed by atoms with van der Waals surface area (Å²) in [6.45, 7) is 1.85. The lowest BCUT2D eigenvalue weighted by Gasteiger charge is -2.11.